The van der Waals surface area contributed by atoms with Crippen LogP contribution < -0.4 is 0 Å². The van der Waals surface area contributed by atoms with Crippen molar-refractivity contribution in [2.75, 3.05) is 6.61 Å². The standard InChI is InChI=1S/C24H36O6/c1-5-6-10-28-14(3)20-19(22(26)29-23(20)27)13(2)21(25)30-24(4)12-15-11-18(24)17-9-7-8-16(15)17/h13-20H,5-12H2,1-4H3. The number of rotatable bonds is 8. The number of esters is 3. The summed E-state index contributed by atoms with van der Waals surface area (Å²) in [6.45, 7) is 8.12. The number of hydrogen-bond donors (Lipinski definition) is 0. The third kappa shape index (κ3) is 3.59. The molecule has 0 spiro atoms. The lowest BCUT2D eigenvalue weighted by Gasteiger charge is -2.40. The van der Waals surface area contributed by atoms with Crippen LogP contribution in [-0.4, -0.2) is 36.2 Å². The predicted molar refractivity (Wildman–Crippen MR) is 109 cm³/mol. The average molecular weight is 421 g/mol. The Morgan fingerprint density at radius 1 is 1.17 bits per heavy atom. The van der Waals surface area contributed by atoms with E-state index < -0.39 is 41.4 Å². The first-order valence-corrected chi connectivity index (χ1v) is 11.9. The third-order valence-corrected chi connectivity index (χ3v) is 8.52. The van der Waals surface area contributed by atoms with Gasteiger partial charge in [0.05, 0.1) is 23.9 Å². The van der Waals surface area contributed by atoms with Gasteiger partial charge in [-0.05, 0) is 63.7 Å². The fraction of sp³-hybridized carbons (Fsp3) is 0.875. The van der Waals surface area contributed by atoms with Gasteiger partial charge >= 0.3 is 17.9 Å². The minimum atomic E-state index is -0.844. The van der Waals surface area contributed by atoms with Crippen molar-refractivity contribution in [2.45, 2.75) is 84.3 Å². The van der Waals surface area contributed by atoms with Crippen LogP contribution in [0.1, 0.15) is 72.6 Å². The highest BCUT2D eigenvalue weighted by Crippen LogP contribution is 2.63. The molecular weight excluding hydrogens is 384 g/mol. The van der Waals surface area contributed by atoms with Gasteiger partial charge in [0.2, 0.25) is 0 Å². The molecule has 4 rings (SSSR count). The van der Waals surface area contributed by atoms with E-state index >= 15 is 0 Å². The summed E-state index contributed by atoms with van der Waals surface area (Å²) in [5.74, 6) is -1.37. The van der Waals surface area contributed by atoms with E-state index in [1.54, 1.807) is 13.8 Å². The van der Waals surface area contributed by atoms with Crippen LogP contribution in [0, 0.1) is 41.4 Å². The van der Waals surface area contributed by atoms with E-state index in [-0.39, 0.29) is 5.97 Å². The van der Waals surface area contributed by atoms with E-state index in [1.807, 2.05) is 0 Å². The Labute approximate surface area is 179 Å². The van der Waals surface area contributed by atoms with Gasteiger partial charge in [0.25, 0.3) is 0 Å². The number of carbonyl (C=O) groups excluding carboxylic acids is 3. The molecular formula is C24H36O6. The van der Waals surface area contributed by atoms with Gasteiger partial charge in [-0.15, -0.1) is 0 Å². The first-order chi connectivity index (χ1) is 14.3. The molecule has 9 atom stereocenters. The van der Waals surface area contributed by atoms with Crippen LogP contribution in [-0.2, 0) is 28.6 Å². The highest BCUT2D eigenvalue weighted by molar-refractivity contribution is 5.99. The summed E-state index contributed by atoms with van der Waals surface area (Å²) in [6.07, 6.45) is 7.31. The second-order valence-electron chi connectivity index (χ2n) is 10.3. The van der Waals surface area contributed by atoms with Crippen molar-refractivity contribution in [3.8, 4) is 0 Å². The van der Waals surface area contributed by atoms with Crippen LogP contribution in [0.15, 0.2) is 0 Å². The normalized spacial score (nSPS) is 41.6. The topological polar surface area (TPSA) is 78.9 Å². The number of unbranched alkanes of at least 4 members (excludes halogenated alkanes) is 1. The molecule has 3 saturated carbocycles. The Balaban J connectivity index is 1.43. The van der Waals surface area contributed by atoms with E-state index in [0.717, 1.165) is 31.6 Å². The maximum absolute atomic E-state index is 13.2. The minimum Gasteiger partial charge on any atom is -0.459 e. The molecule has 9 unspecified atom stereocenters. The lowest BCUT2D eigenvalue weighted by atomic mass is 9.73. The molecule has 4 aliphatic rings. The van der Waals surface area contributed by atoms with Crippen molar-refractivity contribution >= 4 is 17.9 Å². The van der Waals surface area contributed by atoms with Crippen molar-refractivity contribution in [1.29, 1.82) is 0 Å². The highest BCUT2D eigenvalue weighted by atomic mass is 16.6. The number of fused-ring (bicyclic) bond motifs is 5. The molecule has 0 aromatic heterocycles. The Bertz CT molecular complexity index is 704. The molecule has 168 valence electrons. The molecule has 6 nitrogen and oxygen atoms in total. The lowest BCUT2D eigenvalue weighted by molar-refractivity contribution is -0.175. The van der Waals surface area contributed by atoms with E-state index in [1.165, 1.54) is 19.3 Å². The lowest BCUT2D eigenvalue weighted by Crippen LogP contribution is -2.45. The van der Waals surface area contributed by atoms with Crippen LogP contribution in [0.2, 0.25) is 0 Å². The van der Waals surface area contributed by atoms with Gasteiger partial charge in [0, 0.05) is 12.5 Å². The van der Waals surface area contributed by atoms with Crippen molar-refractivity contribution in [2.24, 2.45) is 41.4 Å². The second kappa shape index (κ2) is 8.25. The summed E-state index contributed by atoms with van der Waals surface area (Å²) in [4.78, 5) is 38.0. The second-order valence-corrected chi connectivity index (χ2v) is 10.3. The van der Waals surface area contributed by atoms with Crippen LogP contribution in [0.25, 0.3) is 0 Å². The Morgan fingerprint density at radius 3 is 2.60 bits per heavy atom. The van der Waals surface area contributed by atoms with Gasteiger partial charge in [-0.2, -0.15) is 0 Å². The van der Waals surface area contributed by atoms with E-state index in [9.17, 15) is 14.4 Å². The van der Waals surface area contributed by atoms with E-state index in [0.29, 0.717) is 24.4 Å². The fourth-order valence-electron chi connectivity index (χ4n) is 7.02. The molecule has 6 heteroatoms. The predicted octanol–water partition coefficient (Wildman–Crippen LogP) is 3.90. The zero-order chi connectivity index (χ0) is 21.6. The summed E-state index contributed by atoms with van der Waals surface area (Å²) in [5, 5.41) is 0. The molecule has 4 fully saturated rings. The summed E-state index contributed by atoms with van der Waals surface area (Å²) in [6, 6.07) is 0. The van der Waals surface area contributed by atoms with Gasteiger partial charge in [0.15, 0.2) is 0 Å². The quantitative estimate of drug-likeness (QED) is 0.337. The Kier molecular flexibility index (Phi) is 5.99. The largest absolute Gasteiger partial charge is 0.459 e. The average Bonchev–Trinajstić information content (AvgIpc) is 3.41. The monoisotopic (exact) mass is 420 g/mol. The van der Waals surface area contributed by atoms with Crippen molar-refractivity contribution < 1.29 is 28.6 Å². The number of hydrogen-bond acceptors (Lipinski definition) is 6. The number of cyclic esters (lactones) is 2. The van der Waals surface area contributed by atoms with Crippen molar-refractivity contribution in [1.82, 2.24) is 0 Å². The van der Waals surface area contributed by atoms with Gasteiger partial charge in [0.1, 0.15) is 5.60 Å². The van der Waals surface area contributed by atoms with E-state index in [2.05, 4.69) is 13.8 Å². The molecule has 0 radical (unpaired) electrons. The maximum atomic E-state index is 13.2. The summed E-state index contributed by atoms with van der Waals surface area (Å²) >= 11 is 0. The van der Waals surface area contributed by atoms with Gasteiger partial charge in [-0.1, -0.05) is 26.7 Å². The van der Waals surface area contributed by atoms with Crippen LogP contribution in [0.3, 0.4) is 0 Å². The third-order valence-electron chi connectivity index (χ3n) is 8.52. The summed E-state index contributed by atoms with van der Waals surface area (Å²) in [7, 11) is 0. The van der Waals surface area contributed by atoms with E-state index in [4.69, 9.17) is 14.2 Å². The van der Waals surface area contributed by atoms with Crippen molar-refractivity contribution in [3.63, 3.8) is 0 Å². The molecule has 0 amide bonds. The van der Waals surface area contributed by atoms with Gasteiger partial charge in [-0.25, -0.2) is 0 Å². The SMILES string of the molecule is CCCCOC(C)C1C(=O)OC(=O)C1C(C)C(=O)OC1(C)CC2CC1C1CCCC21. The minimum absolute atomic E-state index is 0.387. The smallest absolute Gasteiger partial charge is 0.320 e. The van der Waals surface area contributed by atoms with Gasteiger partial charge < -0.3 is 14.2 Å². The van der Waals surface area contributed by atoms with Gasteiger partial charge in [-0.3, -0.25) is 14.4 Å². The van der Waals surface area contributed by atoms with Crippen molar-refractivity contribution in [3.05, 3.63) is 0 Å². The summed E-state index contributed by atoms with van der Waals surface area (Å²) < 4.78 is 16.8. The molecule has 0 aromatic rings. The highest BCUT2D eigenvalue weighted by Gasteiger charge is 2.61. The molecule has 3 aliphatic carbocycles. The first kappa shape index (κ1) is 21.8. The molecule has 0 aromatic carbocycles. The van der Waals surface area contributed by atoms with Crippen LogP contribution in [0.5, 0.6) is 0 Å². The Hall–Kier alpha value is -1.43. The zero-order valence-electron chi connectivity index (χ0n) is 18.7. The number of ether oxygens (including phenoxy) is 3. The first-order valence-electron chi connectivity index (χ1n) is 11.9. The molecule has 0 N–H and O–H groups in total. The van der Waals surface area contributed by atoms with Crippen LogP contribution in [0.4, 0.5) is 0 Å². The summed E-state index contributed by atoms with van der Waals surface area (Å²) in [5.41, 5.74) is -0.452. The maximum Gasteiger partial charge on any atom is 0.320 e. The molecule has 30 heavy (non-hydrogen) atoms. The zero-order valence-corrected chi connectivity index (χ0v) is 18.7. The molecule has 2 bridgehead atoms. The molecule has 1 aliphatic heterocycles. The molecule has 1 saturated heterocycles. The number of carbonyl (C=O) groups is 3. The molecule has 1 heterocycles. The Morgan fingerprint density at radius 2 is 1.87 bits per heavy atom. The fourth-order valence-corrected chi connectivity index (χ4v) is 7.02. The van der Waals surface area contributed by atoms with Crippen LogP contribution >= 0.6 is 0 Å².